The molecule has 0 radical (unpaired) electrons. The molecule has 0 bridgehead atoms. The van der Waals surface area contributed by atoms with E-state index in [0.717, 1.165) is 27.7 Å². The highest BCUT2D eigenvalue weighted by atomic mass is 79.9. The highest BCUT2D eigenvalue weighted by Crippen LogP contribution is 2.30. The SMILES string of the molecule is CCn1ncc(Br)c1C(O)c1ccc2ccccc2c1. The van der Waals surface area contributed by atoms with E-state index in [2.05, 4.69) is 33.2 Å². The van der Waals surface area contributed by atoms with Crippen LogP contribution in [0.1, 0.15) is 24.3 Å². The number of rotatable bonds is 3. The van der Waals surface area contributed by atoms with Gasteiger partial charge in [0, 0.05) is 6.54 Å². The summed E-state index contributed by atoms with van der Waals surface area (Å²) < 4.78 is 2.64. The molecule has 20 heavy (non-hydrogen) atoms. The molecule has 1 heterocycles. The number of aliphatic hydroxyl groups is 1. The van der Waals surface area contributed by atoms with Crippen LogP contribution in [0.4, 0.5) is 0 Å². The number of fused-ring (bicyclic) bond motifs is 1. The Morgan fingerprint density at radius 3 is 2.70 bits per heavy atom. The standard InChI is InChI=1S/C16H15BrN2O/c1-2-19-15(14(17)10-18-19)16(20)13-8-7-11-5-3-4-6-12(11)9-13/h3-10,16,20H,2H2,1H3. The molecule has 0 aliphatic heterocycles. The number of aromatic nitrogens is 2. The van der Waals surface area contributed by atoms with Crippen LogP contribution in [0.3, 0.4) is 0 Å². The summed E-state index contributed by atoms with van der Waals surface area (Å²) in [6, 6.07) is 14.2. The first-order valence-corrected chi connectivity index (χ1v) is 7.38. The maximum atomic E-state index is 10.6. The van der Waals surface area contributed by atoms with Crippen molar-refractivity contribution in [2.45, 2.75) is 19.6 Å². The molecule has 4 heteroatoms. The van der Waals surface area contributed by atoms with Crippen molar-refractivity contribution in [1.29, 1.82) is 0 Å². The Kier molecular flexibility index (Phi) is 3.59. The van der Waals surface area contributed by atoms with Gasteiger partial charge in [-0.15, -0.1) is 0 Å². The van der Waals surface area contributed by atoms with Crippen LogP contribution in [0.15, 0.2) is 53.1 Å². The van der Waals surface area contributed by atoms with E-state index in [1.54, 1.807) is 6.20 Å². The number of aliphatic hydroxyl groups excluding tert-OH is 1. The monoisotopic (exact) mass is 330 g/mol. The largest absolute Gasteiger partial charge is 0.382 e. The van der Waals surface area contributed by atoms with Crippen LogP contribution < -0.4 is 0 Å². The predicted octanol–water partition coefficient (Wildman–Crippen LogP) is 3.90. The van der Waals surface area contributed by atoms with Crippen molar-refractivity contribution in [1.82, 2.24) is 9.78 Å². The molecule has 0 aliphatic rings. The summed E-state index contributed by atoms with van der Waals surface area (Å²) in [6.07, 6.45) is 1.04. The van der Waals surface area contributed by atoms with Crippen LogP contribution in [0.2, 0.25) is 0 Å². The van der Waals surface area contributed by atoms with E-state index in [-0.39, 0.29) is 0 Å². The summed E-state index contributed by atoms with van der Waals surface area (Å²) in [5, 5.41) is 17.2. The van der Waals surface area contributed by atoms with Gasteiger partial charge < -0.3 is 5.11 Å². The van der Waals surface area contributed by atoms with Crippen LogP contribution in [-0.2, 0) is 6.54 Å². The van der Waals surface area contributed by atoms with Crippen molar-refractivity contribution in [3.05, 3.63) is 64.4 Å². The van der Waals surface area contributed by atoms with Crippen LogP contribution in [0.25, 0.3) is 10.8 Å². The lowest BCUT2D eigenvalue weighted by molar-refractivity contribution is 0.207. The van der Waals surface area contributed by atoms with E-state index >= 15 is 0 Å². The molecule has 0 aliphatic carbocycles. The third-order valence-electron chi connectivity index (χ3n) is 3.48. The highest BCUT2D eigenvalue weighted by Gasteiger charge is 2.19. The fourth-order valence-electron chi connectivity index (χ4n) is 2.43. The minimum absolute atomic E-state index is 0.684. The molecule has 0 saturated heterocycles. The Bertz CT molecular complexity index is 751. The Hall–Kier alpha value is -1.65. The average molecular weight is 331 g/mol. The summed E-state index contributed by atoms with van der Waals surface area (Å²) in [5.74, 6) is 0. The lowest BCUT2D eigenvalue weighted by atomic mass is 10.0. The molecule has 1 N–H and O–H groups in total. The van der Waals surface area contributed by atoms with Crippen molar-refractivity contribution in [3.63, 3.8) is 0 Å². The number of aryl methyl sites for hydroxylation is 1. The molecule has 1 aromatic heterocycles. The molecule has 3 nitrogen and oxygen atoms in total. The van der Waals surface area contributed by atoms with Crippen molar-refractivity contribution < 1.29 is 5.11 Å². The second-order valence-corrected chi connectivity index (χ2v) is 5.56. The third-order valence-corrected chi connectivity index (χ3v) is 4.09. The minimum atomic E-state index is -0.684. The normalized spacial score (nSPS) is 12.8. The van der Waals surface area contributed by atoms with Gasteiger partial charge in [0.2, 0.25) is 0 Å². The zero-order chi connectivity index (χ0) is 14.1. The predicted molar refractivity (Wildman–Crippen MR) is 83.6 cm³/mol. The van der Waals surface area contributed by atoms with E-state index < -0.39 is 6.10 Å². The van der Waals surface area contributed by atoms with Gasteiger partial charge in [0.25, 0.3) is 0 Å². The Balaban J connectivity index is 2.07. The Morgan fingerprint density at radius 1 is 1.20 bits per heavy atom. The topological polar surface area (TPSA) is 38.0 Å². The zero-order valence-electron chi connectivity index (χ0n) is 11.1. The summed E-state index contributed by atoms with van der Waals surface area (Å²) in [7, 11) is 0. The molecule has 3 aromatic rings. The second-order valence-electron chi connectivity index (χ2n) is 4.70. The van der Waals surface area contributed by atoms with Crippen LogP contribution in [-0.4, -0.2) is 14.9 Å². The van der Waals surface area contributed by atoms with Gasteiger partial charge in [-0.3, -0.25) is 4.68 Å². The van der Waals surface area contributed by atoms with Gasteiger partial charge in [-0.2, -0.15) is 5.10 Å². The maximum Gasteiger partial charge on any atom is 0.122 e. The van der Waals surface area contributed by atoms with Crippen molar-refractivity contribution in [2.24, 2.45) is 0 Å². The molecular weight excluding hydrogens is 316 g/mol. The van der Waals surface area contributed by atoms with Gasteiger partial charge in [0.15, 0.2) is 0 Å². The van der Waals surface area contributed by atoms with Gasteiger partial charge in [0.05, 0.1) is 16.4 Å². The van der Waals surface area contributed by atoms with Gasteiger partial charge in [-0.05, 0) is 45.3 Å². The first-order chi connectivity index (χ1) is 9.70. The number of halogens is 1. The molecule has 0 fully saturated rings. The summed E-state index contributed by atoms with van der Waals surface area (Å²) in [6.45, 7) is 2.74. The molecule has 1 atom stereocenters. The second kappa shape index (κ2) is 5.38. The fourth-order valence-corrected chi connectivity index (χ4v) is 2.94. The minimum Gasteiger partial charge on any atom is -0.382 e. The number of hydrogen-bond donors (Lipinski definition) is 1. The van der Waals surface area contributed by atoms with Gasteiger partial charge >= 0.3 is 0 Å². The van der Waals surface area contributed by atoms with Crippen molar-refractivity contribution >= 4 is 26.7 Å². The summed E-state index contributed by atoms with van der Waals surface area (Å²) in [4.78, 5) is 0. The number of hydrogen-bond acceptors (Lipinski definition) is 2. The van der Waals surface area contributed by atoms with Crippen molar-refractivity contribution in [3.8, 4) is 0 Å². The Morgan fingerprint density at radius 2 is 1.95 bits per heavy atom. The lowest BCUT2D eigenvalue weighted by Crippen LogP contribution is -2.09. The molecule has 3 rings (SSSR count). The fraction of sp³-hybridized carbons (Fsp3) is 0.188. The van der Waals surface area contributed by atoms with Crippen LogP contribution in [0, 0.1) is 0 Å². The maximum absolute atomic E-state index is 10.6. The third kappa shape index (κ3) is 2.25. The Labute approximate surface area is 126 Å². The van der Waals surface area contributed by atoms with Crippen LogP contribution >= 0.6 is 15.9 Å². The van der Waals surface area contributed by atoms with E-state index in [0.29, 0.717) is 0 Å². The van der Waals surface area contributed by atoms with Gasteiger partial charge in [0.1, 0.15) is 6.10 Å². The zero-order valence-corrected chi connectivity index (χ0v) is 12.7. The number of benzene rings is 2. The van der Waals surface area contributed by atoms with E-state index in [1.165, 1.54) is 5.39 Å². The molecule has 0 saturated carbocycles. The summed E-state index contributed by atoms with van der Waals surface area (Å²) >= 11 is 3.46. The first-order valence-electron chi connectivity index (χ1n) is 6.58. The number of nitrogens with zero attached hydrogens (tertiary/aromatic N) is 2. The first kappa shape index (κ1) is 13.3. The van der Waals surface area contributed by atoms with Gasteiger partial charge in [-0.25, -0.2) is 0 Å². The van der Waals surface area contributed by atoms with Crippen molar-refractivity contribution in [2.75, 3.05) is 0 Å². The van der Waals surface area contributed by atoms with Crippen LogP contribution in [0.5, 0.6) is 0 Å². The molecule has 0 amide bonds. The molecule has 2 aromatic carbocycles. The van der Waals surface area contributed by atoms with E-state index in [9.17, 15) is 5.11 Å². The van der Waals surface area contributed by atoms with E-state index in [1.807, 2.05) is 41.9 Å². The highest BCUT2D eigenvalue weighted by molar-refractivity contribution is 9.10. The molecule has 0 spiro atoms. The average Bonchev–Trinajstić information content (AvgIpc) is 2.87. The molecule has 1 unspecified atom stereocenters. The van der Waals surface area contributed by atoms with E-state index in [4.69, 9.17) is 0 Å². The smallest absolute Gasteiger partial charge is 0.122 e. The quantitative estimate of drug-likeness (QED) is 0.790. The lowest BCUT2D eigenvalue weighted by Gasteiger charge is -2.14. The summed E-state index contributed by atoms with van der Waals surface area (Å²) in [5.41, 5.74) is 1.67. The van der Waals surface area contributed by atoms with Gasteiger partial charge in [-0.1, -0.05) is 36.4 Å². The molecule has 102 valence electrons. The molecular formula is C16H15BrN2O.